The summed E-state index contributed by atoms with van der Waals surface area (Å²) in [6, 6.07) is 21.0. The standard InChI is InChI=1S/C26H36O4Si/c1-6-22-23(27)17-19(25(28)29-5)18-24(22)30-31(26(2,3)4,20-13-9-7-10-14-20)21-15-11-8-12-16-21/h7-16,19,22-24,27H,6,17-18H2,1-5H3/t19-,22+,23-,24-/m1/s1. The van der Waals surface area contributed by atoms with E-state index in [0.29, 0.717) is 12.8 Å². The van der Waals surface area contributed by atoms with Gasteiger partial charge in [-0.1, -0.05) is 88.4 Å². The summed E-state index contributed by atoms with van der Waals surface area (Å²) in [5.41, 5.74) is 0. The molecule has 0 spiro atoms. The molecule has 0 aromatic heterocycles. The first-order valence-electron chi connectivity index (χ1n) is 11.3. The van der Waals surface area contributed by atoms with Gasteiger partial charge < -0.3 is 14.3 Å². The first-order valence-corrected chi connectivity index (χ1v) is 13.2. The van der Waals surface area contributed by atoms with E-state index in [1.54, 1.807) is 0 Å². The van der Waals surface area contributed by atoms with Crippen LogP contribution < -0.4 is 10.4 Å². The third-order valence-corrected chi connectivity index (χ3v) is 11.8. The van der Waals surface area contributed by atoms with Crippen LogP contribution >= 0.6 is 0 Å². The van der Waals surface area contributed by atoms with Crippen LogP contribution in [0.2, 0.25) is 5.04 Å². The molecule has 1 aliphatic rings. The minimum absolute atomic E-state index is 0.0115. The van der Waals surface area contributed by atoms with E-state index in [1.165, 1.54) is 17.5 Å². The van der Waals surface area contributed by atoms with Crippen molar-refractivity contribution >= 4 is 24.7 Å². The van der Waals surface area contributed by atoms with Crippen molar-refractivity contribution in [2.24, 2.45) is 11.8 Å². The molecule has 4 nitrogen and oxygen atoms in total. The van der Waals surface area contributed by atoms with Crippen molar-refractivity contribution < 1.29 is 19.1 Å². The number of aliphatic hydroxyl groups is 1. The van der Waals surface area contributed by atoms with Gasteiger partial charge in [0.15, 0.2) is 0 Å². The number of hydrogen-bond donors (Lipinski definition) is 1. The van der Waals surface area contributed by atoms with E-state index < -0.39 is 14.4 Å². The normalized spacial score (nSPS) is 24.6. The van der Waals surface area contributed by atoms with Crippen LogP contribution in [0.1, 0.15) is 47.0 Å². The van der Waals surface area contributed by atoms with E-state index in [0.717, 1.165) is 6.42 Å². The summed E-state index contributed by atoms with van der Waals surface area (Å²) in [5.74, 6) is -0.613. The van der Waals surface area contributed by atoms with Gasteiger partial charge in [-0.2, -0.15) is 0 Å². The quantitative estimate of drug-likeness (QED) is 0.547. The monoisotopic (exact) mass is 440 g/mol. The number of benzene rings is 2. The van der Waals surface area contributed by atoms with E-state index in [1.807, 2.05) is 12.1 Å². The SMILES string of the molecule is CC[C@H]1[C@H](O)C[C@@H](C(=O)OC)C[C@H]1O[Si](c1ccccc1)(c1ccccc1)C(C)(C)C. The summed E-state index contributed by atoms with van der Waals surface area (Å²) in [6.07, 6.45) is 1.02. The van der Waals surface area contributed by atoms with Crippen molar-refractivity contribution in [3.63, 3.8) is 0 Å². The highest BCUT2D eigenvalue weighted by Crippen LogP contribution is 2.42. The largest absolute Gasteiger partial charge is 0.469 e. The number of methoxy groups -OCH3 is 1. The summed E-state index contributed by atoms with van der Waals surface area (Å²) in [4.78, 5) is 12.4. The molecule has 2 aromatic carbocycles. The lowest BCUT2D eigenvalue weighted by Gasteiger charge is -2.49. The van der Waals surface area contributed by atoms with Crippen LogP contribution in [0.15, 0.2) is 60.7 Å². The number of carbonyl (C=O) groups excluding carboxylic acids is 1. The molecular weight excluding hydrogens is 404 g/mol. The van der Waals surface area contributed by atoms with E-state index in [2.05, 4.69) is 76.2 Å². The fourth-order valence-corrected chi connectivity index (χ4v) is 9.95. The molecule has 0 bridgehead atoms. The lowest BCUT2D eigenvalue weighted by atomic mass is 9.76. The van der Waals surface area contributed by atoms with Gasteiger partial charge in [-0.15, -0.1) is 0 Å². The van der Waals surface area contributed by atoms with Gasteiger partial charge in [0.05, 0.1) is 25.2 Å². The fraction of sp³-hybridized carbons (Fsp3) is 0.500. The minimum Gasteiger partial charge on any atom is -0.469 e. The van der Waals surface area contributed by atoms with Gasteiger partial charge in [-0.05, 0) is 34.7 Å². The molecule has 1 fully saturated rings. The average Bonchev–Trinajstić information content (AvgIpc) is 2.77. The number of esters is 1. The fourth-order valence-electron chi connectivity index (χ4n) is 5.21. The summed E-state index contributed by atoms with van der Waals surface area (Å²) >= 11 is 0. The highest BCUT2D eigenvalue weighted by atomic mass is 28.4. The molecule has 3 rings (SSSR count). The average molecular weight is 441 g/mol. The molecule has 0 radical (unpaired) electrons. The molecule has 5 heteroatoms. The first-order chi connectivity index (χ1) is 14.7. The Morgan fingerprint density at radius 3 is 1.94 bits per heavy atom. The zero-order valence-corrected chi connectivity index (χ0v) is 20.4. The maximum Gasteiger partial charge on any atom is 0.308 e. The maximum absolute atomic E-state index is 12.4. The molecule has 1 saturated carbocycles. The van der Waals surface area contributed by atoms with Gasteiger partial charge >= 0.3 is 5.97 Å². The van der Waals surface area contributed by atoms with Gasteiger partial charge in [0.25, 0.3) is 8.32 Å². The van der Waals surface area contributed by atoms with Crippen molar-refractivity contribution in [1.29, 1.82) is 0 Å². The number of carbonyl (C=O) groups is 1. The van der Waals surface area contributed by atoms with Crippen LogP contribution in [0.3, 0.4) is 0 Å². The minimum atomic E-state index is -2.76. The molecule has 0 saturated heterocycles. The lowest BCUT2D eigenvalue weighted by molar-refractivity contribution is -0.152. The Hall–Kier alpha value is -1.95. The van der Waals surface area contributed by atoms with Crippen LogP contribution in [0.5, 0.6) is 0 Å². The Morgan fingerprint density at radius 2 is 1.52 bits per heavy atom. The third-order valence-electron chi connectivity index (χ3n) is 6.77. The van der Waals surface area contributed by atoms with Crippen molar-refractivity contribution in [1.82, 2.24) is 0 Å². The Labute approximate surface area is 187 Å². The van der Waals surface area contributed by atoms with Crippen molar-refractivity contribution in [2.45, 2.75) is 64.2 Å². The van der Waals surface area contributed by atoms with Gasteiger partial charge in [0.2, 0.25) is 0 Å². The molecule has 31 heavy (non-hydrogen) atoms. The van der Waals surface area contributed by atoms with E-state index in [9.17, 15) is 9.90 Å². The molecule has 1 N–H and O–H groups in total. The zero-order valence-electron chi connectivity index (χ0n) is 19.4. The molecule has 0 aliphatic heterocycles. The summed E-state index contributed by atoms with van der Waals surface area (Å²) in [5, 5.41) is 13.2. The molecule has 0 amide bonds. The molecule has 2 aromatic rings. The van der Waals surface area contributed by atoms with E-state index in [-0.39, 0.29) is 28.9 Å². The maximum atomic E-state index is 12.4. The van der Waals surface area contributed by atoms with Crippen molar-refractivity contribution in [3.8, 4) is 0 Å². The molecule has 4 atom stereocenters. The Bertz CT molecular complexity index is 807. The second-order valence-corrected chi connectivity index (χ2v) is 13.9. The van der Waals surface area contributed by atoms with Crippen LogP contribution in [0, 0.1) is 11.8 Å². The van der Waals surface area contributed by atoms with Crippen LogP contribution in [0.25, 0.3) is 0 Å². The van der Waals surface area contributed by atoms with Crippen molar-refractivity contribution in [2.75, 3.05) is 7.11 Å². The molecule has 0 heterocycles. The van der Waals surface area contributed by atoms with Crippen LogP contribution in [-0.4, -0.2) is 38.7 Å². The second kappa shape index (κ2) is 9.68. The second-order valence-electron chi connectivity index (χ2n) is 9.65. The number of rotatable bonds is 6. The van der Waals surface area contributed by atoms with E-state index in [4.69, 9.17) is 9.16 Å². The predicted octanol–water partition coefficient (Wildman–Crippen LogP) is 3.90. The van der Waals surface area contributed by atoms with Gasteiger partial charge in [0, 0.05) is 5.92 Å². The zero-order chi connectivity index (χ0) is 22.6. The number of ether oxygens (including phenoxy) is 1. The molecule has 0 unspecified atom stereocenters. The summed E-state index contributed by atoms with van der Waals surface area (Å²) in [6.45, 7) is 8.83. The highest BCUT2D eigenvalue weighted by Gasteiger charge is 2.53. The Kier molecular flexibility index (Phi) is 7.40. The van der Waals surface area contributed by atoms with Crippen LogP contribution in [0.4, 0.5) is 0 Å². The Balaban J connectivity index is 2.14. The molecular formula is C26H36O4Si. The predicted molar refractivity (Wildman–Crippen MR) is 127 cm³/mol. The molecule has 1 aliphatic carbocycles. The smallest absolute Gasteiger partial charge is 0.308 e. The van der Waals surface area contributed by atoms with E-state index >= 15 is 0 Å². The Morgan fingerprint density at radius 1 is 1.00 bits per heavy atom. The summed E-state index contributed by atoms with van der Waals surface area (Å²) in [7, 11) is -1.35. The first kappa shape index (κ1) is 23.7. The topological polar surface area (TPSA) is 55.8 Å². The molecule has 168 valence electrons. The van der Waals surface area contributed by atoms with Gasteiger partial charge in [-0.3, -0.25) is 4.79 Å². The lowest BCUT2D eigenvalue weighted by Crippen LogP contribution is -2.69. The van der Waals surface area contributed by atoms with Crippen LogP contribution in [-0.2, 0) is 14.0 Å². The highest BCUT2D eigenvalue weighted by molar-refractivity contribution is 6.99. The van der Waals surface area contributed by atoms with Gasteiger partial charge in [0.1, 0.15) is 0 Å². The number of hydrogen-bond acceptors (Lipinski definition) is 4. The third kappa shape index (κ3) is 4.64. The number of aliphatic hydroxyl groups excluding tert-OH is 1. The van der Waals surface area contributed by atoms with Crippen molar-refractivity contribution in [3.05, 3.63) is 60.7 Å². The summed E-state index contributed by atoms with van der Waals surface area (Å²) < 4.78 is 12.3. The van der Waals surface area contributed by atoms with Gasteiger partial charge in [-0.25, -0.2) is 0 Å².